The highest BCUT2D eigenvalue weighted by Gasteiger charge is 2.34. The Bertz CT molecular complexity index is 571. The fourth-order valence-corrected chi connectivity index (χ4v) is 2.56. The Morgan fingerprint density at radius 3 is 2.59 bits per heavy atom. The molecule has 0 radical (unpaired) electrons. The summed E-state index contributed by atoms with van der Waals surface area (Å²) in [6.07, 6.45) is 6.38. The smallest absolute Gasteiger partial charge is 0.0914 e. The van der Waals surface area contributed by atoms with E-state index in [1.165, 1.54) is 29.6 Å². The van der Waals surface area contributed by atoms with Gasteiger partial charge >= 0.3 is 0 Å². The lowest BCUT2D eigenvalue weighted by atomic mass is 9.84. The fourth-order valence-electron chi connectivity index (χ4n) is 2.56. The molecule has 1 aliphatic carbocycles. The molecule has 90 valence electrons. The maximum Gasteiger partial charge on any atom is 0.0914 e. The van der Waals surface area contributed by atoms with Crippen molar-refractivity contribution in [3.8, 4) is 0 Å². The summed E-state index contributed by atoms with van der Waals surface area (Å²) in [5.74, 6) is 0.684. The fraction of sp³-hybridized carbons (Fsp3) is 0.571. The lowest BCUT2D eigenvalue weighted by molar-refractivity contribution is 0.587. The van der Waals surface area contributed by atoms with Gasteiger partial charge in [0.05, 0.1) is 16.9 Å². The van der Waals surface area contributed by atoms with Crippen molar-refractivity contribution in [1.82, 2.24) is 14.6 Å². The molecule has 0 aromatic carbocycles. The summed E-state index contributed by atoms with van der Waals surface area (Å²) in [4.78, 5) is 4.41. The van der Waals surface area contributed by atoms with Crippen LogP contribution in [-0.4, -0.2) is 14.6 Å². The zero-order chi connectivity index (χ0) is 12.2. The van der Waals surface area contributed by atoms with Crippen molar-refractivity contribution in [2.45, 2.75) is 51.9 Å². The molecule has 1 fully saturated rings. The highest BCUT2D eigenvalue weighted by Crippen LogP contribution is 2.45. The SMILES string of the molecule is Cc1nccn2nc(C3CC3)c(C(C)(C)C)c12. The second-order valence-electron chi connectivity index (χ2n) is 6.09. The van der Waals surface area contributed by atoms with Crippen LogP contribution in [0.5, 0.6) is 0 Å². The van der Waals surface area contributed by atoms with Crippen LogP contribution in [0, 0.1) is 6.92 Å². The molecule has 2 heterocycles. The Morgan fingerprint density at radius 2 is 2.00 bits per heavy atom. The van der Waals surface area contributed by atoms with Crippen LogP contribution in [0.4, 0.5) is 0 Å². The zero-order valence-corrected chi connectivity index (χ0v) is 11.0. The third kappa shape index (κ3) is 1.65. The van der Waals surface area contributed by atoms with Gasteiger partial charge in [-0.25, -0.2) is 4.52 Å². The highest BCUT2D eigenvalue weighted by atomic mass is 15.2. The molecule has 0 spiro atoms. The number of aromatic nitrogens is 3. The third-order valence-corrected chi connectivity index (χ3v) is 3.47. The molecular formula is C14H19N3. The van der Waals surface area contributed by atoms with Gasteiger partial charge in [0.2, 0.25) is 0 Å². The average Bonchev–Trinajstić information content (AvgIpc) is 2.97. The summed E-state index contributed by atoms with van der Waals surface area (Å²) in [7, 11) is 0. The van der Waals surface area contributed by atoms with Gasteiger partial charge in [-0.3, -0.25) is 4.98 Å². The first kappa shape index (κ1) is 10.8. The molecule has 0 unspecified atom stereocenters. The summed E-state index contributed by atoms with van der Waals surface area (Å²) in [6.45, 7) is 8.87. The summed E-state index contributed by atoms with van der Waals surface area (Å²) in [6, 6.07) is 0. The van der Waals surface area contributed by atoms with Crippen molar-refractivity contribution >= 4 is 5.52 Å². The molecule has 0 amide bonds. The monoisotopic (exact) mass is 229 g/mol. The van der Waals surface area contributed by atoms with Gasteiger partial charge in [0.1, 0.15) is 0 Å². The van der Waals surface area contributed by atoms with Gasteiger partial charge in [0.25, 0.3) is 0 Å². The predicted octanol–water partition coefficient (Wildman–Crippen LogP) is 3.21. The van der Waals surface area contributed by atoms with Crippen molar-refractivity contribution in [3.05, 3.63) is 29.3 Å². The molecule has 17 heavy (non-hydrogen) atoms. The van der Waals surface area contributed by atoms with Crippen LogP contribution >= 0.6 is 0 Å². The average molecular weight is 229 g/mol. The molecule has 1 aliphatic rings. The van der Waals surface area contributed by atoms with Gasteiger partial charge in [-0.1, -0.05) is 20.8 Å². The van der Waals surface area contributed by atoms with E-state index >= 15 is 0 Å². The molecule has 0 N–H and O–H groups in total. The van der Waals surface area contributed by atoms with E-state index in [0.717, 1.165) is 5.69 Å². The number of aryl methyl sites for hydroxylation is 1. The minimum Gasteiger partial charge on any atom is -0.258 e. The number of nitrogens with zero attached hydrogens (tertiary/aromatic N) is 3. The molecule has 3 rings (SSSR count). The zero-order valence-electron chi connectivity index (χ0n) is 11.0. The Kier molecular flexibility index (Phi) is 2.09. The second-order valence-corrected chi connectivity index (χ2v) is 6.09. The van der Waals surface area contributed by atoms with Gasteiger partial charge in [0, 0.05) is 23.9 Å². The molecule has 0 saturated heterocycles. The maximum atomic E-state index is 4.78. The van der Waals surface area contributed by atoms with E-state index in [1.54, 1.807) is 0 Å². The highest BCUT2D eigenvalue weighted by molar-refractivity contribution is 5.63. The third-order valence-electron chi connectivity index (χ3n) is 3.47. The summed E-state index contributed by atoms with van der Waals surface area (Å²) >= 11 is 0. The molecule has 0 bridgehead atoms. The number of rotatable bonds is 1. The summed E-state index contributed by atoms with van der Waals surface area (Å²) < 4.78 is 2.01. The Labute approximate surface area is 102 Å². The summed E-state index contributed by atoms with van der Waals surface area (Å²) in [5.41, 5.74) is 5.12. The standard InChI is InChI=1S/C14H19N3/c1-9-13-11(14(2,3)4)12(10-5-6-10)16-17(13)8-7-15-9/h7-8,10H,5-6H2,1-4H3. The topological polar surface area (TPSA) is 30.2 Å². The van der Waals surface area contributed by atoms with E-state index in [9.17, 15) is 0 Å². The van der Waals surface area contributed by atoms with Crippen molar-refractivity contribution < 1.29 is 0 Å². The van der Waals surface area contributed by atoms with Crippen molar-refractivity contribution in [3.63, 3.8) is 0 Å². The van der Waals surface area contributed by atoms with Crippen LogP contribution in [0.25, 0.3) is 5.52 Å². The lowest BCUT2D eigenvalue weighted by Gasteiger charge is -2.19. The van der Waals surface area contributed by atoms with E-state index < -0.39 is 0 Å². The quantitative estimate of drug-likeness (QED) is 0.751. The minimum absolute atomic E-state index is 0.132. The minimum atomic E-state index is 0.132. The molecule has 3 heteroatoms. The largest absolute Gasteiger partial charge is 0.258 e. The van der Waals surface area contributed by atoms with E-state index in [0.29, 0.717) is 5.92 Å². The van der Waals surface area contributed by atoms with Crippen LogP contribution in [0.3, 0.4) is 0 Å². The molecule has 2 aromatic rings. The van der Waals surface area contributed by atoms with E-state index in [4.69, 9.17) is 5.10 Å². The van der Waals surface area contributed by atoms with Crippen LogP contribution in [-0.2, 0) is 5.41 Å². The predicted molar refractivity (Wildman–Crippen MR) is 68.4 cm³/mol. The number of hydrogen-bond donors (Lipinski definition) is 0. The molecular weight excluding hydrogens is 210 g/mol. The van der Waals surface area contributed by atoms with Crippen LogP contribution < -0.4 is 0 Å². The number of fused-ring (bicyclic) bond motifs is 1. The van der Waals surface area contributed by atoms with Crippen molar-refractivity contribution in [2.24, 2.45) is 0 Å². The van der Waals surface area contributed by atoms with Crippen LogP contribution in [0.15, 0.2) is 12.4 Å². The van der Waals surface area contributed by atoms with Gasteiger partial charge in [0.15, 0.2) is 0 Å². The van der Waals surface area contributed by atoms with Crippen LogP contribution in [0.2, 0.25) is 0 Å². The Hall–Kier alpha value is -1.38. The Balaban J connectivity index is 2.37. The van der Waals surface area contributed by atoms with Gasteiger partial charge in [-0.15, -0.1) is 0 Å². The van der Waals surface area contributed by atoms with Crippen molar-refractivity contribution in [1.29, 1.82) is 0 Å². The van der Waals surface area contributed by atoms with E-state index in [-0.39, 0.29) is 5.41 Å². The maximum absolute atomic E-state index is 4.78. The molecule has 2 aromatic heterocycles. The molecule has 1 saturated carbocycles. The summed E-state index contributed by atoms with van der Waals surface area (Å²) in [5, 5.41) is 4.78. The molecule has 0 atom stereocenters. The van der Waals surface area contributed by atoms with Gasteiger partial charge < -0.3 is 0 Å². The normalized spacial score (nSPS) is 16.7. The van der Waals surface area contributed by atoms with E-state index in [1.807, 2.05) is 16.9 Å². The Morgan fingerprint density at radius 1 is 1.29 bits per heavy atom. The van der Waals surface area contributed by atoms with E-state index in [2.05, 4.69) is 32.7 Å². The molecule has 3 nitrogen and oxygen atoms in total. The first-order valence-electron chi connectivity index (χ1n) is 6.33. The first-order chi connectivity index (χ1) is 7.98. The van der Waals surface area contributed by atoms with Crippen LogP contribution in [0.1, 0.15) is 56.5 Å². The number of hydrogen-bond acceptors (Lipinski definition) is 2. The lowest BCUT2D eigenvalue weighted by Crippen LogP contribution is -2.13. The second kappa shape index (κ2) is 3.31. The van der Waals surface area contributed by atoms with Gasteiger partial charge in [-0.05, 0) is 25.2 Å². The van der Waals surface area contributed by atoms with Gasteiger partial charge in [-0.2, -0.15) is 5.10 Å². The first-order valence-corrected chi connectivity index (χ1v) is 6.33. The van der Waals surface area contributed by atoms with Crippen molar-refractivity contribution in [2.75, 3.05) is 0 Å². The molecule has 0 aliphatic heterocycles.